The Bertz CT molecular complexity index is 1080. The summed E-state index contributed by atoms with van der Waals surface area (Å²) >= 11 is 7.44. The molecule has 6 heteroatoms. The lowest BCUT2D eigenvalue weighted by atomic mass is 10.0. The second kappa shape index (κ2) is 8.19. The number of rotatable bonds is 5. The molecular formula is C21H21ClN2O2S. The number of aryl methyl sites for hydroxylation is 3. The molecule has 4 nitrogen and oxygen atoms in total. The van der Waals surface area contributed by atoms with Crippen molar-refractivity contribution in [3.63, 3.8) is 0 Å². The van der Waals surface area contributed by atoms with Crippen molar-refractivity contribution >= 4 is 45.9 Å². The normalized spacial score (nSPS) is 11.0. The molecule has 2 N–H and O–H groups in total. The van der Waals surface area contributed by atoms with Crippen molar-refractivity contribution < 1.29 is 4.79 Å². The maximum Gasteiger partial charge on any atom is 0.234 e. The predicted octanol–water partition coefficient (Wildman–Crippen LogP) is 4.98. The molecule has 0 unspecified atom stereocenters. The van der Waals surface area contributed by atoms with Gasteiger partial charge in [0.25, 0.3) is 0 Å². The topological polar surface area (TPSA) is 62.0 Å². The lowest BCUT2D eigenvalue weighted by Crippen LogP contribution is -2.15. The average molecular weight is 401 g/mol. The van der Waals surface area contributed by atoms with Gasteiger partial charge in [0, 0.05) is 33.6 Å². The molecule has 3 rings (SSSR count). The van der Waals surface area contributed by atoms with Gasteiger partial charge in [0.05, 0.1) is 11.3 Å². The average Bonchev–Trinajstić information content (AvgIpc) is 2.62. The zero-order chi connectivity index (χ0) is 19.6. The second-order valence-corrected chi connectivity index (χ2v) is 8.01. The number of hydrogen-bond acceptors (Lipinski definition) is 3. The van der Waals surface area contributed by atoms with Gasteiger partial charge in [-0.15, -0.1) is 11.8 Å². The van der Waals surface area contributed by atoms with Crippen LogP contribution in [0.1, 0.15) is 22.4 Å². The number of pyridine rings is 1. The Labute approximate surface area is 167 Å². The largest absolute Gasteiger partial charge is 0.357 e. The van der Waals surface area contributed by atoms with Crippen LogP contribution >= 0.6 is 23.4 Å². The molecule has 0 atom stereocenters. The lowest BCUT2D eigenvalue weighted by molar-refractivity contribution is -0.113. The molecule has 2 aromatic carbocycles. The molecule has 1 heterocycles. The fourth-order valence-corrected chi connectivity index (χ4v) is 3.77. The summed E-state index contributed by atoms with van der Waals surface area (Å²) in [7, 11) is 0. The first-order valence-corrected chi connectivity index (χ1v) is 10.1. The zero-order valence-electron chi connectivity index (χ0n) is 15.5. The van der Waals surface area contributed by atoms with Crippen molar-refractivity contribution in [3.05, 3.63) is 74.0 Å². The van der Waals surface area contributed by atoms with Crippen molar-refractivity contribution in [1.82, 2.24) is 4.98 Å². The van der Waals surface area contributed by atoms with Crippen LogP contribution in [0.3, 0.4) is 0 Å². The molecule has 0 aliphatic carbocycles. The predicted molar refractivity (Wildman–Crippen MR) is 115 cm³/mol. The van der Waals surface area contributed by atoms with Crippen LogP contribution in [0.2, 0.25) is 5.02 Å². The summed E-state index contributed by atoms with van der Waals surface area (Å²) in [6.45, 7) is 5.95. The number of aromatic amines is 1. The number of fused-ring (bicyclic) bond motifs is 1. The van der Waals surface area contributed by atoms with Crippen molar-refractivity contribution in [1.29, 1.82) is 0 Å². The third-order valence-electron chi connectivity index (χ3n) is 4.56. The summed E-state index contributed by atoms with van der Waals surface area (Å²) < 4.78 is 0. The Morgan fingerprint density at radius 3 is 2.63 bits per heavy atom. The molecule has 0 spiro atoms. The van der Waals surface area contributed by atoms with E-state index in [0.29, 0.717) is 21.9 Å². The molecule has 0 radical (unpaired) electrons. The zero-order valence-corrected chi connectivity index (χ0v) is 17.1. The van der Waals surface area contributed by atoms with Crippen molar-refractivity contribution in [2.24, 2.45) is 0 Å². The number of halogens is 1. The molecule has 140 valence electrons. The summed E-state index contributed by atoms with van der Waals surface area (Å²) in [5.41, 5.74) is 5.59. The Kier molecular flexibility index (Phi) is 5.92. The van der Waals surface area contributed by atoms with E-state index in [9.17, 15) is 9.59 Å². The van der Waals surface area contributed by atoms with Crippen LogP contribution in [0.4, 0.5) is 5.69 Å². The van der Waals surface area contributed by atoms with Gasteiger partial charge >= 0.3 is 0 Å². The van der Waals surface area contributed by atoms with Crippen LogP contribution in [0.5, 0.6) is 0 Å². The van der Waals surface area contributed by atoms with Gasteiger partial charge in [-0.2, -0.15) is 0 Å². The Balaban J connectivity index is 1.66. The highest BCUT2D eigenvalue weighted by Gasteiger charge is 2.09. The van der Waals surface area contributed by atoms with Crippen molar-refractivity contribution in [2.45, 2.75) is 26.5 Å². The van der Waals surface area contributed by atoms with Crippen LogP contribution < -0.4 is 10.7 Å². The van der Waals surface area contributed by atoms with Gasteiger partial charge in [0.1, 0.15) is 0 Å². The van der Waals surface area contributed by atoms with E-state index in [1.165, 1.54) is 11.8 Å². The van der Waals surface area contributed by atoms with Crippen LogP contribution in [-0.4, -0.2) is 16.6 Å². The van der Waals surface area contributed by atoms with Gasteiger partial charge in [0.2, 0.25) is 5.91 Å². The highest BCUT2D eigenvalue weighted by molar-refractivity contribution is 7.99. The second-order valence-electron chi connectivity index (χ2n) is 6.59. The SMILES string of the molecule is Cc1ccc(Cl)cc1NC(=O)CSCc1cc(=O)c2ccc(C)c(C)c2[nH]1. The van der Waals surface area contributed by atoms with Crippen molar-refractivity contribution in [3.8, 4) is 0 Å². The third-order valence-corrected chi connectivity index (χ3v) is 5.77. The smallest absolute Gasteiger partial charge is 0.234 e. The van der Waals surface area contributed by atoms with E-state index in [2.05, 4.69) is 10.3 Å². The maximum atomic E-state index is 12.3. The van der Waals surface area contributed by atoms with E-state index in [4.69, 9.17) is 11.6 Å². The summed E-state index contributed by atoms with van der Waals surface area (Å²) in [5.74, 6) is 0.750. The molecule has 1 amide bonds. The molecule has 0 aliphatic rings. The van der Waals surface area contributed by atoms with Crippen LogP contribution in [0, 0.1) is 20.8 Å². The van der Waals surface area contributed by atoms with E-state index in [-0.39, 0.29) is 11.3 Å². The minimum atomic E-state index is -0.0967. The summed E-state index contributed by atoms with van der Waals surface area (Å²) in [5, 5.41) is 4.16. The number of anilines is 1. The molecular weight excluding hydrogens is 380 g/mol. The highest BCUT2D eigenvalue weighted by Crippen LogP contribution is 2.21. The van der Waals surface area contributed by atoms with E-state index in [1.54, 1.807) is 18.2 Å². The van der Waals surface area contributed by atoms with Gasteiger partial charge in [0.15, 0.2) is 5.43 Å². The fraction of sp³-hybridized carbons (Fsp3) is 0.238. The fourth-order valence-electron chi connectivity index (χ4n) is 2.86. The van der Waals surface area contributed by atoms with Crippen molar-refractivity contribution in [2.75, 3.05) is 11.1 Å². The number of carbonyl (C=O) groups is 1. The number of thioether (sulfide) groups is 1. The Hall–Kier alpha value is -2.24. The number of benzene rings is 2. The Morgan fingerprint density at radius 1 is 1.11 bits per heavy atom. The van der Waals surface area contributed by atoms with E-state index in [0.717, 1.165) is 33.6 Å². The number of carbonyl (C=O) groups excluding carboxylic acids is 1. The first-order valence-electron chi connectivity index (χ1n) is 8.61. The van der Waals surface area contributed by atoms with Gasteiger partial charge in [-0.05, 0) is 55.7 Å². The molecule has 0 saturated heterocycles. The molecule has 0 bridgehead atoms. The molecule has 0 aliphatic heterocycles. The monoisotopic (exact) mass is 400 g/mol. The standard InChI is InChI=1S/C21H21ClN2O2S/c1-12-5-7-17-19(25)9-16(23-21(17)14(12)3)10-27-11-20(26)24-18-8-15(22)6-4-13(18)2/h4-9H,10-11H2,1-3H3,(H,23,25)(H,24,26). The minimum Gasteiger partial charge on any atom is -0.357 e. The van der Waals surface area contributed by atoms with E-state index >= 15 is 0 Å². The number of H-pyrrole nitrogens is 1. The highest BCUT2D eigenvalue weighted by atomic mass is 35.5. The van der Waals surface area contributed by atoms with E-state index in [1.807, 2.05) is 39.0 Å². The van der Waals surface area contributed by atoms with E-state index < -0.39 is 0 Å². The van der Waals surface area contributed by atoms with Crippen LogP contribution in [-0.2, 0) is 10.5 Å². The molecule has 1 aromatic heterocycles. The summed E-state index contributed by atoms with van der Waals surface area (Å²) in [6, 6.07) is 10.8. The number of aromatic nitrogens is 1. The molecule has 0 fully saturated rings. The quantitative estimate of drug-likeness (QED) is 0.635. The van der Waals surface area contributed by atoms with Gasteiger partial charge in [-0.1, -0.05) is 23.7 Å². The number of nitrogens with one attached hydrogen (secondary N) is 2. The lowest BCUT2D eigenvalue weighted by Gasteiger charge is -2.10. The number of hydrogen-bond donors (Lipinski definition) is 2. The maximum absolute atomic E-state index is 12.3. The van der Waals surface area contributed by atoms with Gasteiger partial charge < -0.3 is 10.3 Å². The molecule has 0 saturated carbocycles. The Morgan fingerprint density at radius 2 is 1.85 bits per heavy atom. The van der Waals surface area contributed by atoms with Crippen LogP contribution in [0.15, 0.2) is 41.2 Å². The van der Waals surface area contributed by atoms with Gasteiger partial charge in [-0.3, -0.25) is 9.59 Å². The summed E-state index contributed by atoms with van der Waals surface area (Å²) in [6.07, 6.45) is 0. The minimum absolute atomic E-state index is 0.00135. The molecule has 3 aromatic rings. The third kappa shape index (κ3) is 4.54. The van der Waals surface area contributed by atoms with Gasteiger partial charge in [-0.25, -0.2) is 0 Å². The first kappa shape index (κ1) is 19.5. The summed E-state index contributed by atoms with van der Waals surface area (Å²) in [4.78, 5) is 27.9. The molecule has 27 heavy (non-hydrogen) atoms. The first-order chi connectivity index (χ1) is 12.8. The van der Waals surface area contributed by atoms with Crippen LogP contribution in [0.25, 0.3) is 10.9 Å². The number of amides is 1.